The summed E-state index contributed by atoms with van der Waals surface area (Å²) in [7, 11) is -8.38. The minimum absolute atomic E-state index is 0.0108. The van der Waals surface area contributed by atoms with E-state index in [0.29, 0.717) is 75.7 Å². The average Bonchev–Trinajstić information content (AvgIpc) is 1.52. The number of hydrogen-bond acceptors (Lipinski definition) is 14. The summed E-state index contributed by atoms with van der Waals surface area (Å²) in [4.78, 5) is 92.8. The molecule has 6 amide bonds. The first-order valence-corrected chi connectivity index (χ1v) is 37.9. The van der Waals surface area contributed by atoms with E-state index in [0.717, 1.165) is 12.1 Å². The molecule has 2 heterocycles. The smallest absolute Gasteiger partial charge is 0.416 e. The van der Waals surface area contributed by atoms with Crippen molar-refractivity contribution in [2.24, 2.45) is 22.7 Å². The number of benzene rings is 6. The highest BCUT2D eigenvalue weighted by Crippen LogP contribution is 2.50. The molecule has 0 radical (unpaired) electrons. The van der Waals surface area contributed by atoms with E-state index >= 15 is 19.2 Å². The second kappa shape index (κ2) is 27.8. The predicted octanol–water partition coefficient (Wildman–Crippen LogP) is 12.6. The van der Waals surface area contributed by atoms with Gasteiger partial charge in [-0.1, -0.05) is 107 Å². The van der Waals surface area contributed by atoms with Crippen LogP contribution < -0.4 is 40.2 Å². The molecule has 4 aliphatic carbocycles. The van der Waals surface area contributed by atoms with Crippen LogP contribution in [0.1, 0.15) is 120 Å². The summed E-state index contributed by atoms with van der Waals surface area (Å²) in [6, 6.07) is 26.5. The fourth-order valence-electron chi connectivity index (χ4n) is 13.3. The summed E-state index contributed by atoms with van der Waals surface area (Å²) in [5, 5.41) is 11.8. The van der Waals surface area contributed by atoms with Gasteiger partial charge >= 0.3 is 6.18 Å². The van der Waals surface area contributed by atoms with E-state index in [9.17, 15) is 44.0 Å². The summed E-state index contributed by atoms with van der Waals surface area (Å²) in [5.41, 5.74) is -3.22. The Hall–Kier alpha value is -8.98. The topological polar surface area (TPSA) is 268 Å². The molecule has 2 aliphatic heterocycles. The number of hydrogen-bond donors (Lipinski definition) is 6. The molecule has 6 aromatic rings. The van der Waals surface area contributed by atoms with E-state index in [-0.39, 0.29) is 61.0 Å². The number of carbonyl (C=O) groups excluding carboxylic acids is 6. The molecule has 20 nitrogen and oxygen atoms in total. The Labute approximate surface area is 611 Å². The molecule has 0 bridgehead atoms. The van der Waals surface area contributed by atoms with Gasteiger partial charge in [0.05, 0.1) is 15.6 Å². The average molecular weight is 1510 g/mol. The minimum atomic E-state index is -4.71. The van der Waals surface area contributed by atoms with Crippen LogP contribution >= 0.6 is 23.2 Å². The van der Waals surface area contributed by atoms with Crippen LogP contribution in [0.5, 0.6) is 23.0 Å². The lowest BCUT2D eigenvalue weighted by Crippen LogP contribution is -2.61. The van der Waals surface area contributed by atoms with Gasteiger partial charge in [0, 0.05) is 70.8 Å². The summed E-state index contributed by atoms with van der Waals surface area (Å²) in [6.07, 6.45) is 0.879. The Kier molecular flexibility index (Phi) is 20.0. The van der Waals surface area contributed by atoms with Gasteiger partial charge < -0.3 is 40.5 Å². The van der Waals surface area contributed by atoms with Gasteiger partial charge in [-0.05, 0) is 176 Å². The van der Waals surface area contributed by atoms with Crippen molar-refractivity contribution in [3.05, 3.63) is 195 Å². The number of alkyl halides is 3. The zero-order chi connectivity index (χ0) is 75.0. The van der Waals surface area contributed by atoms with Crippen LogP contribution in [0.25, 0.3) is 6.08 Å². The number of amides is 6. The van der Waals surface area contributed by atoms with E-state index in [1.807, 2.05) is 20.8 Å². The molecule has 4 saturated carbocycles. The third-order valence-corrected chi connectivity index (χ3v) is 24.7. The van der Waals surface area contributed by atoms with Gasteiger partial charge in [-0.3, -0.25) is 38.2 Å². The number of ether oxygens (including phenoxy) is 2. The van der Waals surface area contributed by atoms with Crippen molar-refractivity contribution in [2.45, 2.75) is 164 Å². The summed E-state index contributed by atoms with van der Waals surface area (Å²) < 4.78 is 126. The maximum atomic E-state index is 15.5. The molecule has 550 valence electrons. The fraction of sp³-hybridized carbons (Fsp3) is 0.395. The lowest BCUT2D eigenvalue weighted by molar-refractivity contribution is -0.145. The third-order valence-electron chi connectivity index (χ3n) is 20.3. The molecular weight excluding hydrogens is 1430 g/mol. The predicted molar refractivity (Wildman–Crippen MR) is 386 cm³/mol. The maximum Gasteiger partial charge on any atom is 0.416 e. The van der Waals surface area contributed by atoms with E-state index < -0.39 is 141 Å². The largest absolute Gasteiger partial charge is 0.457 e. The van der Waals surface area contributed by atoms with Crippen LogP contribution in [-0.2, 0) is 80.9 Å². The summed E-state index contributed by atoms with van der Waals surface area (Å²) in [6.45, 7) is 15.7. The molecule has 4 fully saturated rings. The van der Waals surface area contributed by atoms with Crippen molar-refractivity contribution in [1.29, 1.82) is 0 Å². The first kappa shape index (κ1) is 74.7. The lowest BCUT2D eigenvalue weighted by Gasteiger charge is -2.41. The SMILES string of the molecule is C=C[C@@H]1C[C@]1(NC(=O)[C@@H]1Cc2cc(Oc3cc(Cl)ccc3/C=C/[C@@H]3C[C@]3(NC(=O)[C@@H]3Cc4cc(Oc5cccc(Cl)c5)ccc4CN3C(=O)[C@@H](Nc3cccc(C(F)(F)F)c3)C(C)(C)C)C(=O)NS(=O)(=O)C3CC3)ccc2CN1C(=O)[C@@H](Nc1ccc(F)cc1)C(C)(C)C)C(=O)NS(=O)(=O)C1(C)CC1. The highest BCUT2D eigenvalue weighted by atomic mass is 35.5. The Morgan fingerprint density at radius 3 is 1.65 bits per heavy atom. The molecule has 0 spiro atoms. The molecule has 0 aromatic heterocycles. The minimum Gasteiger partial charge on any atom is -0.457 e. The molecule has 12 rings (SSSR count). The number of sulfonamides is 2. The number of nitrogens with one attached hydrogen (secondary N) is 6. The molecule has 6 aliphatic rings. The van der Waals surface area contributed by atoms with E-state index in [1.54, 1.807) is 106 Å². The summed E-state index contributed by atoms with van der Waals surface area (Å²) >= 11 is 12.9. The van der Waals surface area contributed by atoms with Crippen LogP contribution in [0.3, 0.4) is 0 Å². The summed E-state index contributed by atoms with van der Waals surface area (Å²) in [5.74, 6) is -5.59. The van der Waals surface area contributed by atoms with Crippen molar-refractivity contribution in [2.75, 3.05) is 10.6 Å². The quantitative estimate of drug-likeness (QED) is 0.0257. The Balaban J connectivity index is 0.840. The van der Waals surface area contributed by atoms with Crippen molar-refractivity contribution >= 4 is 96.1 Å². The first-order valence-electron chi connectivity index (χ1n) is 34.1. The van der Waals surface area contributed by atoms with E-state index in [2.05, 4.69) is 37.3 Å². The second-order valence-electron chi connectivity index (χ2n) is 30.2. The Bertz CT molecular complexity index is 4730. The molecule has 28 heteroatoms. The monoisotopic (exact) mass is 1510 g/mol. The third kappa shape index (κ3) is 16.0. The highest BCUT2D eigenvalue weighted by molar-refractivity contribution is 7.91. The van der Waals surface area contributed by atoms with Gasteiger partial charge in [0.2, 0.25) is 43.7 Å². The van der Waals surface area contributed by atoms with Crippen LogP contribution in [0.4, 0.5) is 28.9 Å². The molecule has 0 unspecified atom stereocenters. The molecule has 0 saturated heterocycles. The van der Waals surface area contributed by atoms with Crippen molar-refractivity contribution in [3.8, 4) is 23.0 Å². The standard InChI is InChI=1S/C76H80Cl2F4N8O12S2/c1-9-48-39-74(48,70(96)88-104(99,100)73(8)30-31-73)85-65(91)60-35-47-33-58(27-19-45(47)42-89(60)67(93)63(71(2,3)4)83-54-24-22-53(79)23-25-54)102-62-38-52(78)21-17-43(62)16-20-50-40-75(50,69(95)87-103(97,98)59-28-29-59)86-66(92)61-34-46-32-57(101-56-15-11-13-51(77)37-56)26-18-44(46)41-90(61)68(94)64(72(5,6)7)84-55-14-10-12-49(36-55)76(80,81)82/h9-27,32-33,36-38,48,50,59-61,63-64,83-84H,1,28-31,34-35,39-42H2,2-8H3,(H,85,91)(H,86,92)(H,87,95)(H,88,96)/b20-16+/t48-,50-,60+,61+,63-,64-,74-,75-/m1/s1. The van der Waals surface area contributed by atoms with Crippen LogP contribution in [0.2, 0.25) is 10.0 Å². The Morgan fingerprint density at radius 1 is 0.606 bits per heavy atom. The number of halogens is 6. The van der Waals surface area contributed by atoms with Gasteiger partial charge in [-0.15, -0.1) is 6.58 Å². The van der Waals surface area contributed by atoms with Crippen molar-refractivity contribution in [1.82, 2.24) is 29.9 Å². The van der Waals surface area contributed by atoms with E-state index in [1.165, 1.54) is 65.3 Å². The first-order chi connectivity index (χ1) is 48.8. The van der Waals surface area contributed by atoms with Crippen LogP contribution in [-0.4, -0.2) is 107 Å². The second-order valence-corrected chi connectivity index (χ2v) is 35.3. The zero-order valence-corrected chi connectivity index (χ0v) is 61.2. The lowest BCUT2D eigenvalue weighted by atomic mass is 9.84. The van der Waals surface area contributed by atoms with Crippen LogP contribution in [0, 0.1) is 28.5 Å². The van der Waals surface area contributed by atoms with Gasteiger partial charge in [0.15, 0.2) is 0 Å². The number of fused-ring (bicyclic) bond motifs is 2. The van der Waals surface area contributed by atoms with Crippen molar-refractivity contribution in [3.63, 3.8) is 0 Å². The molecule has 8 atom stereocenters. The molecular formula is C76H80Cl2F4N8O12S2. The zero-order valence-electron chi connectivity index (χ0n) is 58.1. The fourth-order valence-corrected chi connectivity index (χ4v) is 16.3. The maximum absolute atomic E-state index is 15.5. The van der Waals surface area contributed by atoms with Crippen molar-refractivity contribution < 1.29 is 72.6 Å². The van der Waals surface area contributed by atoms with Gasteiger partial charge in [0.1, 0.15) is 64.1 Å². The molecule has 6 N–H and O–H groups in total. The van der Waals surface area contributed by atoms with E-state index in [4.69, 9.17) is 32.7 Å². The van der Waals surface area contributed by atoms with Crippen LogP contribution in [0.15, 0.2) is 146 Å². The van der Waals surface area contributed by atoms with Gasteiger partial charge in [-0.25, -0.2) is 21.2 Å². The normalized spacial score (nSPS) is 22.5. The number of nitrogens with zero attached hydrogens (tertiary/aromatic N) is 2. The number of carbonyl (C=O) groups is 6. The Morgan fingerprint density at radius 2 is 1.12 bits per heavy atom. The molecule has 104 heavy (non-hydrogen) atoms. The number of rotatable bonds is 23. The van der Waals surface area contributed by atoms with Gasteiger partial charge in [0.25, 0.3) is 11.8 Å². The molecule has 6 aromatic carbocycles. The van der Waals surface area contributed by atoms with Gasteiger partial charge in [-0.2, -0.15) is 13.2 Å². The number of anilines is 2. The highest BCUT2D eigenvalue weighted by Gasteiger charge is 2.64.